The fraction of sp³-hybridized carbons (Fsp3) is 0.462. The quantitative estimate of drug-likeness (QED) is 0.848. The molecule has 0 spiro atoms. The number of halogens is 1. The molecular weight excluding hydrogens is 224 g/mol. The van der Waals surface area contributed by atoms with Gasteiger partial charge in [0.25, 0.3) is 0 Å². The Morgan fingerprint density at radius 3 is 2.62 bits per heavy atom. The summed E-state index contributed by atoms with van der Waals surface area (Å²) >= 11 is 6.02. The van der Waals surface area contributed by atoms with Crippen LogP contribution in [0.3, 0.4) is 0 Å². The van der Waals surface area contributed by atoms with E-state index in [1.54, 1.807) is 0 Å². The van der Waals surface area contributed by atoms with Crippen molar-refractivity contribution < 1.29 is 9.90 Å². The number of hydrogen-bond acceptors (Lipinski definition) is 1. The van der Waals surface area contributed by atoms with Crippen LogP contribution < -0.4 is 0 Å². The Morgan fingerprint density at radius 2 is 2.06 bits per heavy atom. The normalized spacial score (nSPS) is 10.8. The lowest BCUT2D eigenvalue weighted by molar-refractivity contribution is -0.137. The minimum absolute atomic E-state index is 0.212. The third-order valence-corrected chi connectivity index (χ3v) is 2.72. The van der Waals surface area contributed by atoms with Crippen molar-refractivity contribution in [1.82, 2.24) is 0 Å². The van der Waals surface area contributed by atoms with Gasteiger partial charge in [0.2, 0.25) is 0 Å². The highest BCUT2D eigenvalue weighted by Crippen LogP contribution is 2.22. The Morgan fingerprint density at radius 1 is 1.38 bits per heavy atom. The monoisotopic (exact) mass is 240 g/mol. The molecule has 0 aromatic heterocycles. The molecule has 2 nitrogen and oxygen atoms in total. The van der Waals surface area contributed by atoms with Crippen LogP contribution in [0.2, 0.25) is 5.02 Å². The molecule has 0 aliphatic rings. The largest absolute Gasteiger partial charge is 0.481 e. The van der Waals surface area contributed by atoms with E-state index in [1.807, 2.05) is 12.1 Å². The minimum atomic E-state index is -0.744. The number of carbonyl (C=O) groups is 1. The zero-order chi connectivity index (χ0) is 12.1. The van der Waals surface area contributed by atoms with Crippen LogP contribution in [0.1, 0.15) is 43.7 Å². The molecule has 0 saturated carbocycles. The highest BCUT2D eigenvalue weighted by Gasteiger charge is 2.04. The molecule has 1 aromatic carbocycles. The van der Waals surface area contributed by atoms with Crippen LogP contribution in [-0.4, -0.2) is 11.1 Å². The predicted molar refractivity (Wildman–Crippen MR) is 66.1 cm³/mol. The summed E-state index contributed by atoms with van der Waals surface area (Å²) in [4.78, 5) is 10.4. The smallest absolute Gasteiger partial charge is 0.303 e. The molecule has 0 heterocycles. The van der Waals surface area contributed by atoms with Gasteiger partial charge >= 0.3 is 5.97 Å². The third-order valence-electron chi connectivity index (χ3n) is 2.50. The van der Waals surface area contributed by atoms with Crippen molar-refractivity contribution >= 4 is 17.6 Å². The van der Waals surface area contributed by atoms with Crippen LogP contribution in [0.4, 0.5) is 0 Å². The van der Waals surface area contributed by atoms with Gasteiger partial charge in [-0.05, 0) is 42.0 Å². The second-order valence-electron chi connectivity index (χ2n) is 4.29. The first-order valence-electron chi connectivity index (χ1n) is 5.50. The molecule has 1 rings (SSSR count). The molecule has 0 bridgehead atoms. The molecule has 0 atom stereocenters. The number of rotatable bonds is 5. The molecule has 1 N–H and O–H groups in total. The van der Waals surface area contributed by atoms with Gasteiger partial charge in [0, 0.05) is 11.4 Å². The molecule has 0 saturated heterocycles. The predicted octanol–water partition coefficient (Wildman–Crippen LogP) is 3.87. The van der Waals surface area contributed by atoms with Gasteiger partial charge in [-0.3, -0.25) is 4.79 Å². The van der Waals surface area contributed by atoms with E-state index in [1.165, 1.54) is 5.56 Å². The van der Waals surface area contributed by atoms with Crippen molar-refractivity contribution in [3.8, 4) is 0 Å². The Balaban J connectivity index is 2.69. The number of hydrogen-bond donors (Lipinski definition) is 1. The first-order valence-corrected chi connectivity index (χ1v) is 5.88. The van der Waals surface area contributed by atoms with E-state index in [0.717, 1.165) is 17.0 Å². The fourth-order valence-electron chi connectivity index (χ4n) is 1.60. The van der Waals surface area contributed by atoms with Crippen molar-refractivity contribution in [3.05, 3.63) is 34.3 Å². The van der Waals surface area contributed by atoms with Crippen molar-refractivity contribution in [2.75, 3.05) is 0 Å². The second kappa shape index (κ2) is 5.90. The van der Waals surface area contributed by atoms with Gasteiger partial charge in [-0.1, -0.05) is 31.5 Å². The molecule has 0 aliphatic heterocycles. The van der Waals surface area contributed by atoms with Gasteiger partial charge in [0.05, 0.1) is 0 Å². The molecule has 16 heavy (non-hydrogen) atoms. The van der Waals surface area contributed by atoms with Crippen LogP contribution in [0.15, 0.2) is 18.2 Å². The highest BCUT2D eigenvalue weighted by atomic mass is 35.5. The van der Waals surface area contributed by atoms with Gasteiger partial charge in [-0.25, -0.2) is 0 Å². The summed E-state index contributed by atoms with van der Waals surface area (Å²) in [5.74, 6) is -0.303. The van der Waals surface area contributed by atoms with E-state index in [9.17, 15) is 4.79 Å². The lowest BCUT2D eigenvalue weighted by Gasteiger charge is -2.09. The molecule has 0 fully saturated rings. The fourth-order valence-corrected chi connectivity index (χ4v) is 1.86. The zero-order valence-electron chi connectivity index (χ0n) is 9.66. The van der Waals surface area contributed by atoms with Crippen molar-refractivity contribution in [2.24, 2.45) is 0 Å². The summed E-state index contributed by atoms with van der Waals surface area (Å²) in [6, 6.07) is 5.99. The van der Waals surface area contributed by atoms with E-state index in [2.05, 4.69) is 19.9 Å². The molecule has 3 heteroatoms. The molecular formula is C13H17ClO2. The van der Waals surface area contributed by atoms with Gasteiger partial charge in [0.1, 0.15) is 0 Å². The highest BCUT2D eigenvalue weighted by molar-refractivity contribution is 6.30. The number of carboxylic acids is 1. The average molecular weight is 241 g/mol. The summed E-state index contributed by atoms with van der Waals surface area (Å²) in [7, 11) is 0. The van der Waals surface area contributed by atoms with Crippen LogP contribution >= 0.6 is 11.6 Å². The van der Waals surface area contributed by atoms with Crippen LogP contribution in [0.5, 0.6) is 0 Å². The Labute approximate surface area is 101 Å². The number of carboxylic acid groups (broad SMARTS) is 1. The standard InChI is InChI=1S/C13H17ClO2/c1-9(2)11-6-10(7-12(14)8-11)4-3-5-13(15)16/h6-9H,3-5H2,1-2H3,(H,15,16). The molecule has 1 aromatic rings. The molecule has 0 amide bonds. The molecule has 0 unspecified atom stereocenters. The van der Waals surface area contributed by atoms with Crippen LogP contribution in [0.25, 0.3) is 0 Å². The number of aliphatic carboxylic acids is 1. The minimum Gasteiger partial charge on any atom is -0.481 e. The summed E-state index contributed by atoms with van der Waals surface area (Å²) in [6.07, 6.45) is 1.64. The molecule has 88 valence electrons. The maximum absolute atomic E-state index is 10.4. The van der Waals surface area contributed by atoms with E-state index < -0.39 is 5.97 Å². The van der Waals surface area contributed by atoms with E-state index >= 15 is 0 Å². The summed E-state index contributed by atoms with van der Waals surface area (Å²) in [6.45, 7) is 4.24. The number of aryl methyl sites for hydroxylation is 1. The van der Waals surface area contributed by atoms with E-state index in [0.29, 0.717) is 12.3 Å². The maximum atomic E-state index is 10.4. The first-order chi connectivity index (χ1) is 7.49. The van der Waals surface area contributed by atoms with Gasteiger partial charge in [-0.15, -0.1) is 0 Å². The Hall–Kier alpha value is -1.02. The van der Waals surface area contributed by atoms with Crippen LogP contribution in [0, 0.1) is 0 Å². The Bertz CT molecular complexity index is 372. The molecule has 0 radical (unpaired) electrons. The van der Waals surface area contributed by atoms with E-state index in [-0.39, 0.29) is 6.42 Å². The maximum Gasteiger partial charge on any atom is 0.303 e. The summed E-state index contributed by atoms with van der Waals surface area (Å²) in [5, 5.41) is 9.30. The number of benzene rings is 1. The van der Waals surface area contributed by atoms with Crippen molar-refractivity contribution in [1.29, 1.82) is 0 Å². The topological polar surface area (TPSA) is 37.3 Å². The van der Waals surface area contributed by atoms with Gasteiger partial charge in [0.15, 0.2) is 0 Å². The summed E-state index contributed by atoms with van der Waals surface area (Å²) in [5.41, 5.74) is 2.33. The summed E-state index contributed by atoms with van der Waals surface area (Å²) < 4.78 is 0. The Kier molecular flexibility index (Phi) is 4.81. The van der Waals surface area contributed by atoms with Gasteiger partial charge in [-0.2, -0.15) is 0 Å². The first kappa shape index (κ1) is 13.0. The van der Waals surface area contributed by atoms with Crippen molar-refractivity contribution in [2.45, 2.75) is 39.0 Å². The second-order valence-corrected chi connectivity index (χ2v) is 4.73. The third kappa shape index (κ3) is 4.23. The van der Waals surface area contributed by atoms with Crippen molar-refractivity contribution in [3.63, 3.8) is 0 Å². The average Bonchev–Trinajstić information content (AvgIpc) is 2.16. The SMILES string of the molecule is CC(C)c1cc(Cl)cc(CCCC(=O)O)c1. The molecule has 0 aliphatic carbocycles. The lowest BCUT2D eigenvalue weighted by Crippen LogP contribution is -1.97. The lowest BCUT2D eigenvalue weighted by atomic mass is 9.98. The van der Waals surface area contributed by atoms with Gasteiger partial charge < -0.3 is 5.11 Å². The van der Waals surface area contributed by atoms with Crippen LogP contribution in [-0.2, 0) is 11.2 Å². The zero-order valence-corrected chi connectivity index (χ0v) is 10.4. The van der Waals surface area contributed by atoms with E-state index in [4.69, 9.17) is 16.7 Å².